The summed E-state index contributed by atoms with van der Waals surface area (Å²) >= 11 is 0. The van der Waals surface area contributed by atoms with Crippen LogP contribution in [0, 0.1) is 5.92 Å². The van der Waals surface area contributed by atoms with Crippen molar-refractivity contribution in [1.82, 2.24) is 0 Å². The number of ether oxygens (including phenoxy) is 2. The molecule has 1 unspecified atom stereocenters. The Bertz CT molecular complexity index is 279. The number of carbonyl (C=O) groups excluding carboxylic acids is 1. The molecule has 0 saturated carbocycles. The normalized spacial score (nSPS) is 34.7. The molecule has 0 amide bonds. The van der Waals surface area contributed by atoms with Gasteiger partial charge in [-0.1, -0.05) is 39.0 Å². The second-order valence-electron chi connectivity index (χ2n) is 5.44. The van der Waals surface area contributed by atoms with Gasteiger partial charge < -0.3 is 14.6 Å². The number of hydrogen-bond donors (Lipinski definition) is 1. The van der Waals surface area contributed by atoms with E-state index >= 15 is 0 Å². The van der Waals surface area contributed by atoms with E-state index in [0.29, 0.717) is 6.42 Å². The molecule has 0 aromatic carbocycles. The molecule has 2 rings (SSSR count). The summed E-state index contributed by atoms with van der Waals surface area (Å²) in [6, 6.07) is 0. The summed E-state index contributed by atoms with van der Waals surface area (Å²) in [5.74, 6) is -0.212. The van der Waals surface area contributed by atoms with Crippen LogP contribution in [-0.2, 0) is 14.3 Å². The topological polar surface area (TPSA) is 55.8 Å². The molecule has 2 aliphatic heterocycles. The summed E-state index contributed by atoms with van der Waals surface area (Å²) in [7, 11) is 0. The molecule has 2 aliphatic rings. The van der Waals surface area contributed by atoms with Crippen LogP contribution in [0.15, 0.2) is 0 Å². The molecule has 0 radical (unpaired) electrons. The van der Waals surface area contributed by atoms with Gasteiger partial charge in [0.1, 0.15) is 6.10 Å². The average molecular weight is 256 g/mol. The molecule has 0 aromatic rings. The number of carbonyl (C=O) groups is 1. The number of unbranched alkanes of at least 4 members (excludes halogenated alkanes) is 5. The van der Waals surface area contributed by atoms with Gasteiger partial charge in [0.05, 0.1) is 0 Å². The molecular weight excluding hydrogens is 232 g/mol. The highest BCUT2D eigenvalue weighted by atomic mass is 16.7. The highest BCUT2D eigenvalue weighted by Gasteiger charge is 2.51. The van der Waals surface area contributed by atoms with Gasteiger partial charge in [0.2, 0.25) is 0 Å². The van der Waals surface area contributed by atoms with Gasteiger partial charge in [0.15, 0.2) is 12.4 Å². The van der Waals surface area contributed by atoms with Gasteiger partial charge in [-0.05, 0) is 12.8 Å². The van der Waals surface area contributed by atoms with E-state index in [1.54, 1.807) is 0 Å². The highest BCUT2D eigenvalue weighted by Crippen LogP contribution is 2.37. The van der Waals surface area contributed by atoms with Gasteiger partial charge >= 0.3 is 5.97 Å². The second-order valence-corrected chi connectivity index (χ2v) is 5.44. The number of fused-ring (bicyclic) bond motifs is 1. The first-order chi connectivity index (χ1) is 8.72. The van der Waals surface area contributed by atoms with Gasteiger partial charge in [0, 0.05) is 12.3 Å². The molecule has 4 nitrogen and oxygen atoms in total. The standard InChI is InChI=1S/C14H24O4/c1-2-3-4-5-6-7-8-11-10-9-12(15)18-13(10)14(16)17-11/h10-13,15H,2-9H2,1H3/t10-,11+,12?,13-/m0/s1. The molecule has 18 heavy (non-hydrogen) atoms. The van der Waals surface area contributed by atoms with Crippen LogP contribution in [0.2, 0.25) is 0 Å². The highest BCUT2D eigenvalue weighted by molar-refractivity contribution is 5.78. The number of rotatable bonds is 7. The quantitative estimate of drug-likeness (QED) is 0.561. The van der Waals surface area contributed by atoms with Crippen LogP contribution < -0.4 is 0 Å². The van der Waals surface area contributed by atoms with E-state index in [2.05, 4.69) is 6.92 Å². The molecule has 1 N–H and O–H groups in total. The monoisotopic (exact) mass is 256 g/mol. The lowest BCUT2D eigenvalue weighted by molar-refractivity contribution is -0.160. The maximum atomic E-state index is 11.5. The zero-order chi connectivity index (χ0) is 13.0. The van der Waals surface area contributed by atoms with E-state index in [4.69, 9.17) is 9.47 Å². The maximum Gasteiger partial charge on any atom is 0.336 e. The van der Waals surface area contributed by atoms with Crippen molar-refractivity contribution in [3.05, 3.63) is 0 Å². The molecule has 0 spiro atoms. The van der Waals surface area contributed by atoms with Crippen molar-refractivity contribution in [2.75, 3.05) is 0 Å². The lowest BCUT2D eigenvalue weighted by Gasteiger charge is -2.14. The molecule has 2 fully saturated rings. The van der Waals surface area contributed by atoms with Crippen molar-refractivity contribution in [3.63, 3.8) is 0 Å². The van der Waals surface area contributed by atoms with Crippen LogP contribution in [0.4, 0.5) is 0 Å². The summed E-state index contributed by atoms with van der Waals surface area (Å²) in [4.78, 5) is 11.5. The molecule has 104 valence electrons. The number of cyclic esters (lactones) is 1. The van der Waals surface area contributed by atoms with Crippen molar-refractivity contribution in [2.24, 2.45) is 5.92 Å². The minimum atomic E-state index is -0.778. The van der Waals surface area contributed by atoms with Crippen molar-refractivity contribution in [3.8, 4) is 0 Å². The van der Waals surface area contributed by atoms with E-state index in [-0.39, 0.29) is 18.0 Å². The largest absolute Gasteiger partial charge is 0.460 e. The lowest BCUT2D eigenvalue weighted by Crippen LogP contribution is -2.20. The van der Waals surface area contributed by atoms with Crippen LogP contribution in [0.3, 0.4) is 0 Å². The van der Waals surface area contributed by atoms with Crippen LogP contribution in [0.5, 0.6) is 0 Å². The molecule has 0 aromatic heterocycles. The van der Waals surface area contributed by atoms with E-state index in [1.807, 2.05) is 0 Å². The minimum Gasteiger partial charge on any atom is -0.460 e. The van der Waals surface area contributed by atoms with Crippen molar-refractivity contribution in [2.45, 2.75) is 76.8 Å². The third-order valence-electron chi connectivity index (χ3n) is 3.99. The summed E-state index contributed by atoms with van der Waals surface area (Å²) in [6.07, 6.45) is 7.57. The molecule has 4 heteroatoms. The fourth-order valence-electron chi connectivity index (χ4n) is 2.96. The number of aliphatic hydroxyl groups excluding tert-OH is 1. The van der Waals surface area contributed by atoms with E-state index in [9.17, 15) is 9.90 Å². The van der Waals surface area contributed by atoms with Crippen LogP contribution in [0.1, 0.15) is 58.3 Å². The molecule has 4 atom stereocenters. The third kappa shape index (κ3) is 3.23. The van der Waals surface area contributed by atoms with Crippen molar-refractivity contribution in [1.29, 1.82) is 0 Å². The summed E-state index contributed by atoms with van der Waals surface area (Å²) < 4.78 is 10.5. The zero-order valence-corrected chi connectivity index (χ0v) is 11.1. The Balaban J connectivity index is 1.66. The fraction of sp³-hybridized carbons (Fsp3) is 0.929. The molecule has 0 aliphatic carbocycles. The Morgan fingerprint density at radius 2 is 1.94 bits per heavy atom. The fourth-order valence-corrected chi connectivity index (χ4v) is 2.96. The van der Waals surface area contributed by atoms with Crippen molar-refractivity contribution >= 4 is 5.97 Å². The first-order valence-electron chi connectivity index (χ1n) is 7.26. The summed E-state index contributed by atoms with van der Waals surface area (Å²) in [5, 5.41) is 9.41. The SMILES string of the molecule is CCCCCCCC[C@H]1OC(=O)[C@H]2OC(O)C[C@H]21. The van der Waals surface area contributed by atoms with Gasteiger partial charge in [-0.25, -0.2) is 4.79 Å². The molecule has 2 saturated heterocycles. The van der Waals surface area contributed by atoms with Gasteiger partial charge in [-0.3, -0.25) is 0 Å². The first kappa shape index (κ1) is 13.8. The second kappa shape index (κ2) is 6.53. The Morgan fingerprint density at radius 1 is 1.22 bits per heavy atom. The predicted octanol–water partition coefficient (Wildman–Crippen LogP) is 2.39. The van der Waals surface area contributed by atoms with E-state index in [0.717, 1.165) is 12.8 Å². The molecular formula is C14H24O4. The Kier molecular flexibility index (Phi) is 5.01. The van der Waals surface area contributed by atoms with Crippen LogP contribution in [-0.4, -0.2) is 29.6 Å². The lowest BCUT2D eigenvalue weighted by atomic mass is 9.93. The molecule has 0 bridgehead atoms. The summed E-state index contributed by atoms with van der Waals surface area (Å²) in [5.41, 5.74) is 0. The Labute approximate surface area is 109 Å². The smallest absolute Gasteiger partial charge is 0.336 e. The Hall–Kier alpha value is -0.610. The minimum absolute atomic E-state index is 0.0363. The maximum absolute atomic E-state index is 11.5. The summed E-state index contributed by atoms with van der Waals surface area (Å²) in [6.45, 7) is 2.21. The van der Waals surface area contributed by atoms with Crippen LogP contribution in [0.25, 0.3) is 0 Å². The number of hydrogen-bond acceptors (Lipinski definition) is 4. The van der Waals surface area contributed by atoms with E-state index in [1.165, 1.54) is 32.1 Å². The number of esters is 1. The van der Waals surface area contributed by atoms with Gasteiger partial charge in [-0.15, -0.1) is 0 Å². The third-order valence-corrected chi connectivity index (χ3v) is 3.99. The zero-order valence-electron chi connectivity index (χ0n) is 11.1. The first-order valence-corrected chi connectivity index (χ1v) is 7.26. The van der Waals surface area contributed by atoms with E-state index < -0.39 is 12.4 Å². The van der Waals surface area contributed by atoms with Crippen LogP contribution >= 0.6 is 0 Å². The van der Waals surface area contributed by atoms with Gasteiger partial charge in [-0.2, -0.15) is 0 Å². The Morgan fingerprint density at radius 3 is 2.72 bits per heavy atom. The average Bonchev–Trinajstić information content (AvgIpc) is 2.85. The van der Waals surface area contributed by atoms with Gasteiger partial charge in [0.25, 0.3) is 0 Å². The number of aliphatic hydroxyl groups is 1. The molecule has 2 heterocycles. The predicted molar refractivity (Wildman–Crippen MR) is 66.9 cm³/mol. The van der Waals surface area contributed by atoms with Crippen molar-refractivity contribution < 1.29 is 19.4 Å².